The molecule has 0 bridgehead atoms. The molecule has 0 unspecified atom stereocenters. The maximum absolute atomic E-state index is 11.8. The Labute approximate surface area is 202 Å². The van der Waals surface area contributed by atoms with Gasteiger partial charge in [-0.1, -0.05) is 0 Å². The van der Waals surface area contributed by atoms with Gasteiger partial charge in [0.15, 0.2) is 12.2 Å². The van der Waals surface area contributed by atoms with E-state index in [1.165, 1.54) is 0 Å². The standard InChI is InChI=1S/C20H22N2O14/c1-9(23)31-8-16-17(32-10(2)24)18(33-11(3)25)19(34-12(4)26)20(36-16)35-15-6-5-13(21(27)28)7-14(15)22(29)30/h5-7,16-20H,8H2,1-4H3/t16-,17+,18+,19+,20-/m1/s1. The molecule has 16 nitrogen and oxygen atoms in total. The molecule has 36 heavy (non-hydrogen) atoms. The van der Waals surface area contributed by atoms with Crippen LogP contribution in [0, 0.1) is 20.2 Å². The quantitative estimate of drug-likeness (QED) is 0.194. The van der Waals surface area contributed by atoms with Gasteiger partial charge in [0.05, 0.1) is 15.9 Å². The van der Waals surface area contributed by atoms with Crippen molar-refractivity contribution in [3.05, 3.63) is 38.4 Å². The van der Waals surface area contributed by atoms with Crippen molar-refractivity contribution in [3.8, 4) is 5.75 Å². The molecule has 16 heteroatoms. The van der Waals surface area contributed by atoms with Crippen molar-refractivity contribution in [1.82, 2.24) is 0 Å². The Morgan fingerprint density at radius 1 is 0.833 bits per heavy atom. The van der Waals surface area contributed by atoms with E-state index in [-0.39, 0.29) is 0 Å². The van der Waals surface area contributed by atoms with Gasteiger partial charge in [-0.05, 0) is 6.07 Å². The lowest BCUT2D eigenvalue weighted by Crippen LogP contribution is -2.63. The van der Waals surface area contributed by atoms with E-state index in [9.17, 15) is 39.4 Å². The number of esters is 4. The first kappa shape index (κ1) is 27.9. The van der Waals surface area contributed by atoms with E-state index < -0.39 is 88.2 Å². The average molecular weight is 514 g/mol. The first-order chi connectivity index (χ1) is 16.8. The summed E-state index contributed by atoms with van der Waals surface area (Å²) in [5, 5.41) is 22.5. The highest BCUT2D eigenvalue weighted by Crippen LogP contribution is 2.36. The highest BCUT2D eigenvalue weighted by molar-refractivity contribution is 5.68. The number of nitro groups is 2. The number of nitrogens with zero attached hydrogens (tertiary/aromatic N) is 2. The molecule has 5 atom stereocenters. The van der Waals surface area contributed by atoms with Crippen LogP contribution >= 0.6 is 0 Å². The van der Waals surface area contributed by atoms with Gasteiger partial charge in [-0.2, -0.15) is 0 Å². The number of carbonyl (C=O) groups is 4. The summed E-state index contributed by atoms with van der Waals surface area (Å²) >= 11 is 0. The zero-order chi connectivity index (χ0) is 27.2. The number of hydrogen-bond acceptors (Lipinski definition) is 14. The second-order valence-corrected chi connectivity index (χ2v) is 7.35. The van der Waals surface area contributed by atoms with Gasteiger partial charge in [-0.15, -0.1) is 0 Å². The minimum atomic E-state index is -1.74. The Kier molecular flexibility index (Phi) is 9.20. The number of carbonyl (C=O) groups excluding carboxylic acids is 4. The van der Waals surface area contributed by atoms with Gasteiger partial charge in [0, 0.05) is 33.8 Å². The maximum Gasteiger partial charge on any atom is 0.317 e. The molecule has 196 valence electrons. The highest BCUT2D eigenvalue weighted by Gasteiger charge is 2.53. The molecule has 0 radical (unpaired) electrons. The van der Waals surface area contributed by atoms with E-state index in [0.717, 1.165) is 39.8 Å². The fourth-order valence-electron chi connectivity index (χ4n) is 3.27. The Morgan fingerprint density at radius 3 is 1.89 bits per heavy atom. The Hall–Kier alpha value is -4.34. The van der Waals surface area contributed by atoms with Crippen molar-refractivity contribution < 1.29 is 57.4 Å². The van der Waals surface area contributed by atoms with Gasteiger partial charge in [0.2, 0.25) is 18.1 Å². The summed E-state index contributed by atoms with van der Waals surface area (Å²) in [6.45, 7) is 3.60. The first-order valence-electron chi connectivity index (χ1n) is 10.2. The minimum Gasteiger partial charge on any atom is -0.463 e. The molecular formula is C20H22N2O14. The second kappa shape index (κ2) is 11.9. The predicted octanol–water partition coefficient (Wildman–Crippen LogP) is 0.965. The normalized spacial score (nSPS) is 23.1. The molecule has 1 saturated heterocycles. The number of nitro benzene ring substituents is 2. The van der Waals surface area contributed by atoms with Crippen LogP contribution in [-0.4, -0.2) is 71.0 Å². The highest BCUT2D eigenvalue weighted by atomic mass is 16.7. The third-order valence-electron chi connectivity index (χ3n) is 4.54. The summed E-state index contributed by atoms with van der Waals surface area (Å²) in [5.74, 6) is -3.91. The lowest BCUT2D eigenvalue weighted by Gasteiger charge is -2.43. The van der Waals surface area contributed by atoms with Crippen LogP contribution in [-0.2, 0) is 42.9 Å². The molecule has 0 spiro atoms. The lowest BCUT2D eigenvalue weighted by atomic mass is 9.98. The summed E-state index contributed by atoms with van der Waals surface area (Å²) in [6.07, 6.45) is -7.76. The van der Waals surface area contributed by atoms with Crippen LogP contribution in [0.5, 0.6) is 5.75 Å². The third kappa shape index (κ3) is 7.33. The number of rotatable bonds is 9. The smallest absolute Gasteiger partial charge is 0.317 e. The molecular weight excluding hydrogens is 492 g/mol. The predicted molar refractivity (Wildman–Crippen MR) is 112 cm³/mol. The van der Waals surface area contributed by atoms with Gasteiger partial charge >= 0.3 is 29.6 Å². The Bertz CT molecular complexity index is 1060. The van der Waals surface area contributed by atoms with Crippen LogP contribution in [0.25, 0.3) is 0 Å². The van der Waals surface area contributed by atoms with E-state index in [4.69, 9.17) is 28.4 Å². The topological polar surface area (TPSA) is 210 Å². The average Bonchev–Trinajstić information content (AvgIpc) is 2.75. The van der Waals surface area contributed by atoms with Crippen LogP contribution < -0.4 is 4.74 Å². The van der Waals surface area contributed by atoms with Crippen molar-refractivity contribution in [1.29, 1.82) is 0 Å². The molecule has 1 aliphatic rings. The molecule has 2 rings (SSSR count). The van der Waals surface area contributed by atoms with Crippen LogP contribution in [0.3, 0.4) is 0 Å². The molecule has 0 N–H and O–H groups in total. The maximum atomic E-state index is 11.8. The van der Waals surface area contributed by atoms with Crippen molar-refractivity contribution in [2.75, 3.05) is 6.61 Å². The summed E-state index contributed by atoms with van der Waals surface area (Å²) < 4.78 is 31.8. The minimum absolute atomic E-state index is 0.522. The molecule has 1 aliphatic heterocycles. The molecule has 1 heterocycles. The number of hydrogen-bond donors (Lipinski definition) is 0. The van der Waals surface area contributed by atoms with E-state index in [0.29, 0.717) is 6.07 Å². The largest absolute Gasteiger partial charge is 0.463 e. The summed E-state index contributed by atoms with van der Waals surface area (Å²) in [5.41, 5.74) is -1.42. The van der Waals surface area contributed by atoms with Gasteiger partial charge in [-0.3, -0.25) is 39.4 Å². The molecule has 1 aromatic carbocycles. The van der Waals surface area contributed by atoms with Crippen molar-refractivity contribution in [2.45, 2.75) is 58.4 Å². The molecule has 0 aliphatic carbocycles. The van der Waals surface area contributed by atoms with Gasteiger partial charge in [-0.25, -0.2) is 0 Å². The fraction of sp³-hybridized carbons (Fsp3) is 0.500. The van der Waals surface area contributed by atoms with Crippen molar-refractivity contribution >= 4 is 35.3 Å². The molecule has 1 aromatic rings. The number of ether oxygens (including phenoxy) is 6. The first-order valence-corrected chi connectivity index (χ1v) is 10.2. The van der Waals surface area contributed by atoms with Gasteiger partial charge in [0.1, 0.15) is 12.7 Å². The van der Waals surface area contributed by atoms with Gasteiger partial charge in [0.25, 0.3) is 5.69 Å². The van der Waals surface area contributed by atoms with E-state index in [1.54, 1.807) is 0 Å². The van der Waals surface area contributed by atoms with E-state index in [1.807, 2.05) is 0 Å². The molecule has 0 aromatic heterocycles. The molecule has 0 amide bonds. The SMILES string of the molecule is CC(=O)OC[C@H]1O[C@@H](Oc2ccc([N+](=O)[O-])cc2[N+](=O)[O-])[C@@H](OC(C)=O)[C@@H](OC(C)=O)[C@H]1OC(C)=O. The number of non-ortho nitro benzene ring substituents is 1. The van der Waals surface area contributed by atoms with E-state index >= 15 is 0 Å². The summed E-state index contributed by atoms with van der Waals surface area (Å²) in [4.78, 5) is 67.5. The van der Waals surface area contributed by atoms with Crippen LogP contribution in [0.4, 0.5) is 11.4 Å². The zero-order valence-corrected chi connectivity index (χ0v) is 19.4. The third-order valence-corrected chi connectivity index (χ3v) is 4.54. The molecule has 1 fully saturated rings. The van der Waals surface area contributed by atoms with Crippen LogP contribution in [0.2, 0.25) is 0 Å². The fourth-order valence-corrected chi connectivity index (χ4v) is 3.27. The molecule has 0 saturated carbocycles. The van der Waals surface area contributed by atoms with Crippen LogP contribution in [0.1, 0.15) is 27.7 Å². The Morgan fingerprint density at radius 2 is 1.39 bits per heavy atom. The van der Waals surface area contributed by atoms with E-state index in [2.05, 4.69) is 0 Å². The van der Waals surface area contributed by atoms with Crippen molar-refractivity contribution in [2.24, 2.45) is 0 Å². The van der Waals surface area contributed by atoms with Crippen molar-refractivity contribution in [3.63, 3.8) is 0 Å². The summed E-state index contributed by atoms with van der Waals surface area (Å²) in [7, 11) is 0. The summed E-state index contributed by atoms with van der Waals surface area (Å²) in [6, 6.07) is 2.48. The monoisotopic (exact) mass is 514 g/mol. The lowest BCUT2D eigenvalue weighted by molar-refractivity contribution is -0.395. The van der Waals surface area contributed by atoms with Gasteiger partial charge < -0.3 is 28.4 Å². The zero-order valence-electron chi connectivity index (χ0n) is 19.4. The van der Waals surface area contributed by atoms with Crippen LogP contribution in [0.15, 0.2) is 18.2 Å². The number of benzene rings is 1. The Balaban J connectivity index is 2.57. The second-order valence-electron chi connectivity index (χ2n) is 7.35.